The highest BCUT2D eigenvalue weighted by molar-refractivity contribution is 6.33. The summed E-state index contributed by atoms with van der Waals surface area (Å²) < 4.78 is 26.7. The molecule has 3 nitrogen and oxygen atoms in total. The Morgan fingerprint density at radius 1 is 1.12 bits per heavy atom. The fourth-order valence-electron chi connectivity index (χ4n) is 1.17. The number of nitrogens with zero attached hydrogens (tertiary/aromatic N) is 2. The molecule has 1 aromatic heterocycles. The zero-order chi connectivity index (χ0) is 12.4. The van der Waals surface area contributed by atoms with Crippen molar-refractivity contribution < 1.29 is 8.78 Å². The standard InChI is InChI=1S/C10H5Cl2F2N3/c11-5-2-1-3-6(13)8(5)16-9-7(14)4-15-10(12)17-9/h1-4H,(H,15,16,17). The normalized spacial score (nSPS) is 10.4. The van der Waals surface area contributed by atoms with Crippen molar-refractivity contribution >= 4 is 34.7 Å². The molecule has 1 aromatic carbocycles. The van der Waals surface area contributed by atoms with Gasteiger partial charge in [0.25, 0.3) is 0 Å². The third-order valence-corrected chi connectivity index (χ3v) is 2.42. The monoisotopic (exact) mass is 275 g/mol. The molecule has 0 amide bonds. The van der Waals surface area contributed by atoms with E-state index in [0.717, 1.165) is 6.20 Å². The molecule has 0 aliphatic rings. The lowest BCUT2D eigenvalue weighted by molar-refractivity contribution is 0.615. The summed E-state index contributed by atoms with van der Waals surface area (Å²) in [6.07, 6.45) is 0.881. The second kappa shape index (κ2) is 4.81. The minimum atomic E-state index is -0.756. The number of benzene rings is 1. The van der Waals surface area contributed by atoms with Crippen LogP contribution in [0.15, 0.2) is 24.4 Å². The topological polar surface area (TPSA) is 37.8 Å². The van der Waals surface area contributed by atoms with Gasteiger partial charge in [0.05, 0.1) is 16.9 Å². The maximum absolute atomic E-state index is 13.4. The largest absolute Gasteiger partial charge is 0.334 e. The minimum Gasteiger partial charge on any atom is -0.334 e. The SMILES string of the molecule is Fc1cnc(Cl)nc1Nc1c(F)cccc1Cl. The predicted octanol–water partition coefficient (Wildman–Crippen LogP) is 3.81. The van der Waals surface area contributed by atoms with Gasteiger partial charge in [-0.05, 0) is 23.7 Å². The van der Waals surface area contributed by atoms with Crippen LogP contribution in [-0.4, -0.2) is 9.97 Å². The first kappa shape index (κ1) is 12.0. The lowest BCUT2D eigenvalue weighted by atomic mass is 10.3. The molecule has 0 saturated carbocycles. The average molecular weight is 276 g/mol. The smallest absolute Gasteiger partial charge is 0.224 e. The van der Waals surface area contributed by atoms with Gasteiger partial charge in [0.1, 0.15) is 5.82 Å². The fraction of sp³-hybridized carbons (Fsp3) is 0. The third-order valence-electron chi connectivity index (χ3n) is 1.92. The second-order valence-corrected chi connectivity index (χ2v) is 3.80. The fourth-order valence-corrected chi connectivity index (χ4v) is 1.51. The van der Waals surface area contributed by atoms with Gasteiger partial charge < -0.3 is 5.32 Å². The summed E-state index contributed by atoms with van der Waals surface area (Å²) in [7, 11) is 0. The van der Waals surface area contributed by atoms with Crippen LogP contribution < -0.4 is 5.32 Å². The number of hydrogen-bond donors (Lipinski definition) is 1. The van der Waals surface area contributed by atoms with Gasteiger partial charge in [-0.3, -0.25) is 0 Å². The molecule has 1 N–H and O–H groups in total. The summed E-state index contributed by atoms with van der Waals surface area (Å²) in [5.41, 5.74) is -0.0668. The summed E-state index contributed by atoms with van der Waals surface area (Å²) in [5, 5.41) is 2.39. The van der Waals surface area contributed by atoms with Crippen molar-refractivity contribution in [2.45, 2.75) is 0 Å². The summed E-state index contributed by atoms with van der Waals surface area (Å²) >= 11 is 11.3. The Balaban J connectivity index is 2.41. The first-order valence-corrected chi connectivity index (χ1v) is 5.22. The van der Waals surface area contributed by atoms with Gasteiger partial charge in [0.15, 0.2) is 11.6 Å². The zero-order valence-electron chi connectivity index (χ0n) is 8.22. The van der Waals surface area contributed by atoms with Crippen LogP contribution in [0.3, 0.4) is 0 Å². The first-order valence-electron chi connectivity index (χ1n) is 4.47. The molecule has 2 aromatic rings. The average Bonchev–Trinajstić information content (AvgIpc) is 2.28. The quantitative estimate of drug-likeness (QED) is 0.847. The van der Waals surface area contributed by atoms with Crippen LogP contribution in [0.1, 0.15) is 0 Å². The van der Waals surface area contributed by atoms with Gasteiger partial charge in [0, 0.05) is 0 Å². The number of hydrogen-bond acceptors (Lipinski definition) is 3. The van der Waals surface area contributed by atoms with E-state index in [0.29, 0.717) is 0 Å². The maximum Gasteiger partial charge on any atom is 0.224 e. The van der Waals surface area contributed by atoms with Crippen molar-refractivity contribution in [3.8, 4) is 0 Å². The number of anilines is 2. The predicted molar refractivity (Wildman–Crippen MR) is 61.7 cm³/mol. The molecular weight excluding hydrogens is 271 g/mol. The molecular formula is C10H5Cl2F2N3. The second-order valence-electron chi connectivity index (χ2n) is 3.06. The molecule has 2 rings (SSSR count). The van der Waals surface area contributed by atoms with Gasteiger partial charge in [-0.1, -0.05) is 17.7 Å². The van der Waals surface area contributed by atoms with Crippen LogP contribution in [0.5, 0.6) is 0 Å². The zero-order valence-corrected chi connectivity index (χ0v) is 9.73. The lowest BCUT2D eigenvalue weighted by Gasteiger charge is -2.09. The van der Waals surface area contributed by atoms with Gasteiger partial charge in [0.2, 0.25) is 5.28 Å². The van der Waals surface area contributed by atoms with E-state index in [-0.39, 0.29) is 21.8 Å². The lowest BCUT2D eigenvalue weighted by Crippen LogP contribution is -2.01. The molecule has 0 aliphatic carbocycles. The molecule has 0 unspecified atom stereocenters. The molecule has 0 spiro atoms. The number of halogens is 4. The highest BCUT2D eigenvalue weighted by atomic mass is 35.5. The van der Waals surface area contributed by atoms with Crippen molar-refractivity contribution in [3.05, 3.63) is 46.3 Å². The Kier molecular flexibility index (Phi) is 3.40. The molecule has 0 bridgehead atoms. The van der Waals surface area contributed by atoms with Crippen LogP contribution in [0.2, 0.25) is 10.3 Å². The van der Waals surface area contributed by atoms with Crippen LogP contribution in [0, 0.1) is 11.6 Å². The van der Waals surface area contributed by atoms with Crippen molar-refractivity contribution in [1.29, 1.82) is 0 Å². The molecule has 1 heterocycles. The van der Waals surface area contributed by atoms with Gasteiger partial charge in [-0.2, -0.15) is 4.98 Å². The number of nitrogens with one attached hydrogen (secondary N) is 1. The van der Waals surface area contributed by atoms with Crippen LogP contribution >= 0.6 is 23.2 Å². The number of rotatable bonds is 2. The maximum atomic E-state index is 13.4. The Morgan fingerprint density at radius 3 is 2.59 bits per heavy atom. The summed E-state index contributed by atoms with van der Waals surface area (Å²) in [4.78, 5) is 7.03. The van der Waals surface area contributed by atoms with E-state index in [9.17, 15) is 8.78 Å². The summed E-state index contributed by atoms with van der Waals surface area (Å²) in [5.74, 6) is -1.61. The van der Waals surface area contributed by atoms with Crippen LogP contribution in [0.25, 0.3) is 0 Å². The van der Waals surface area contributed by atoms with Crippen LogP contribution in [0.4, 0.5) is 20.3 Å². The molecule has 0 atom stereocenters. The van der Waals surface area contributed by atoms with Crippen LogP contribution in [-0.2, 0) is 0 Å². The van der Waals surface area contributed by atoms with Gasteiger partial charge >= 0.3 is 0 Å². The van der Waals surface area contributed by atoms with Crippen molar-refractivity contribution in [2.24, 2.45) is 0 Å². The van der Waals surface area contributed by atoms with Gasteiger partial charge in [-0.15, -0.1) is 0 Å². The van der Waals surface area contributed by atoms with E-state index in [1.165, 1.54) is 18.2 Å². The van der Waals surface area contributed by atoms with Crippen molar-refractivity contribution in [2.75, 3.05) is 5.32 Å². The minimum absolute atomic E-state index is 0.0668. The molecule has 0 aliphatic heterocycles. The number of para-hydroxylation sites is 1. The third kappa shape index (κ3) is 2.62. The molecule has 7 heteroatoms. The van der Waals surface area contributed by atoms with Gasteiger partial charge in [-0.25, -0.2) is 13.8 Å². The summed E-state index contributed by atoms with van der Waals surface area (Å²) in [6, 6.07) is 4.09. The Labute approximate surface area is 105 Å². The highest BCUT2D eigenvalue weighted by Crippen LogP contribution is 2.28. The molecule has 0 radical (unpaired) electrons. The van der Waals surface area contributed by atoms with E-state index in [2.05, 4.69) is 15.3 Å². The van der Waals surface area contributed by atoms with Crippen molar-refractivity contribution in [3.63, 3.8) is 0 Å². The molecule has 17 heavy (non-hydrogen) atoms. The van der Waals surface area contributed by atoms with Crippen molar-refractivity contribution in [1.82, 2.24) is 9.97 Å². The molecule has 0 saturated heterocycles. The summed E-state index contributed by atoms with van der Waals surface area (Å²) in [6.45, 7) is 0. The molecule has 0 fully saturated rings. The van der Waals surface area contributed by atoms with E-state index in [1.54, 1.807) is 0 Å². The van der Waals surface area contributed by atoms with E-state index < -0.39 is 11.6 Å². The molecule has 88 valence electrons. The first-order chi connectivity index (χ1) is 8.08. The van der Waals surface area contributed by atoms with E-state index >= 15 is 0 Å². The van der Waals surface area contributed by atoms with E-state index in [1.807, 2.05) is 0 Å². The Hall–Kier alpha value is -1.46. The highest BCUT2D eigenvalue weighted by Gasteiger charge is 2.11. The Bertz CT molecular complexity index is 543. The number of aromatic nitrogens is 2. The van der Waals surface area contributed by atoms with E-state index in [4.69, 9.17) is 23.2 Å². The Morgan fingerprint density at radius 2 is 1.88 bits per heavy atom.